The minimum absolute atomic E-state index is 0.0347. The molecule has 0 aromatic carbocycles. The summed E-state index contributed by atoms with van der Waals surface area (Å²) in [5.74, 6) is 0.240. The zero-order chi connectivity index (χ0) is 13.5. The molecule has 2 amide bonds. The van der Waals surface area contributed by atoms with Crippen molar-refractivity contribution < 1.29 is 4.79 Å². The van der Waals surface area contributed by atoms with E-state index in [9.17, 15) is 4.79 Å². The van der Waals surface area contributed by atoms with Gasteiger partial charge in [-0.3, -0.25) is 5.32 Å². The van der Waals surface area contributed by atoms with Crippen molar-refractivity contribution in [2.75, 3.05) is 13.1 Å². The number of urea groups is 1. The average molecular weight is 270 g/mol. The van der Waals surface area contributed by atoms with Crippen LogP contribution >= 0.6 is 11.6 Å². The second-order valence-corrected chi connectivity index (χ2v) is 3.82. The molecule has 0 fully saturated rings. The molecule has 0 atom stereocenters. The minimum Gasteiger partial charge on any atom is -0.369 e. The maximum atomic E-state index is 11.7. The third-order valence-electron chi connectivity index (χ3n) is 2.25. The van der Waals surface area contributed by atoms with Crippen LogP contribution in [0.4, 0.5) is 10.6 Å². The topological polar surface area (TPSA) is 83.6 Å². The third kappa shape index (κ3) is 3.89. The van der Waals surface area contributed by atoms with Crippen molar-refractivity contribution in [1.29, 1.82) is 0 Å². The van der Waals surface area contributed by atoms with Gasteiger partial charge >= 0.3 is 6.03 Å². The number of halogens is 1. The molecular formula is C11H16ClN5O. The summed E-state index contributed by atoms with van der Waals surface area (Å²) in [5.41, 5.74) is 5.62. The number of pyridine rings is 1. The van der Waals surface area contributed by atoms with Crippen molar-refractivity contribution in [3.8, 4) is 0 Å². The summed E-state index contributed by atoms with van der Waals surface area (Å²) in [6.07, 6.45) is 1.55. The summed E-state index contributed by atoms with van der Waals surface area (Å²) in [4.78, 5) is 21.2. The lowest BCUT2D eigenvalue weighted by Gasteiger charge is -2.18. The van der Waals surface area contributed by atoms with Gasteiger partial charge in [-0.25, -0.2) is 9.78 Å². The van der Waals surface area contributed by atoms with Crippen LogP contribution in [0, 0.1) is 0 Å². The Morgan fingerprint density at radius 2 is 2.22 bits per heavy atom. The molecule has 18 heavy (non-hydrogen) atoms. The summed E-state index contributed by atoms with van der Waals surface area (Å²) in [6, 6.07) is 3.03. The summed E-state index contributed by atoms with van der Waals surface area (Å²) < 4.78 is 0. The molecule has 0 saturated carbocycles. The number of rotatable bonds is 3. The van der Waals surface area contributed by atoms with E-state index in [-0.39, 0.29) is 17.8 Å². The smallest absolute Gasteiger partial charge is 0.324 e. The van der Waals surface area contributed by atoms with Gasteiger partial charge in [0.15, 0.2) is 5.82 Å². The van der Waals surface area contributed by atoms with Crippen LogP contribution in [0.3, 0.4) is 0 Å². The van der Waals surface area contributed by atoms with Gasteiger partial charge in [-0.05, 0) is 26.0 Å². The number of hydrogen-bond donors (Lipinski definition) is 2. The molecule has 6 nitrogen and oxygen atoms in total. The number of nitrogens with two attached hydrogens (primary N) is 1. The fraction of sp³-hybridized carbons (Fsp3) is 0.364. The third-order valence-corrected chi connectivity index (χ3v) is 2.55. The number of aliphatic imine (C=N–C) groups is 1. The molecule has 1 aromatic rings. The van der Waals surface area contributed by atoms with Crippen LogP contribution in [0.15, 0.2) is 23.3 Å². The van der Waals surface area contributed by atoms with Crippen molar-refractivity contribution in [3.05, 3.63) is 23.4 Å². The lowest BCUT2D eigenvalue weighted by Crippen LogP contribution is -2.45. The molecule has 0 spiro atoms. The SMILES string of the molecule is CCN(CC)C(=O)N/C(N)=N/c1ncccc1Cl. The first kappa shape index (κ1) is 14.2. The van der Waals surface area contributed by atoms with E-state index >= 15 is 0 Å². The van der Waals surface area contributed by atoms with E-state index in [1.54, 1.807) is 23.2 Å². The van der Waals surface area contributed by atoms with Crippen LogP contribution in [0.1, 0.15) is 13.8 Å². The molecule has 1 rings (SSSR count). The van der Waals surface area contributed by atoms with Gasteiger partial charge in [-0.15, -0.1) is 0 Å². The summed E-state index contributed by atoms with van der Waals surface area (Å²) >= 11 is 5.87. The number of nitrogens with one attached hydrogen (secondary N) is 1. The zero-order valence-corrected chi connectivity index (χ0v) is 11.1. The van der Waals surface area contributed by atoms with Crippen LogP contribution in [-0.4, -0.2) is 35.0 Å². The fourth-order valence-corrected chi connectivity index (χ4v) is 1.46. The second kappa shape index (κ2) is 6.80. The van der Waals surface area contributed by atoms with Gasteiger partial charge < -0.3 is 10.6 Å². The normalized spacial score (nSPS) is 11.2. The number of guanidine groups is 1. The van der Waals surface area contributed by atoms with Crippen LogP contribution in [0.2, 0.25) is 5.02 Å². The fourth-order valence-electron chi connectivity index (χ4n) is 1.30. The number of carbonyl (C=O) groups is 1. The first-order valence-corrected chi connectivity index (χ1v) is 5.96. The summed E-state index contributed by atoms with van der Waals surface area (Å²) in [5, 5.41) is 2.85. The summed E-state index contributed by atoms with van der Waals surface area (Å²) in [7, 11) is 0. The molecule has 0 aliphatic carbocycles. The predicted octanol–water partition coefficient (Wildman–Crippen LogP) is 1.73. The molecule has 1 heterocycles. The minimum atomic E-state index is -0.298. The van der Waals surface area contributed by atoms with Gasteiger partial charge in [0.25, 0.3) is 0 Å². The maximum absolute atomic E-state index is 11.7. The van der Waals surface area contributed by atoms with Crippen molar-refractivity contribution in [1.82, 2.24) is 15.2 Å². The number of carbonyl (C=O) groups excluding carboxylic acids is 1. The molecule has 0 bridgehead atoms. The molecule has 0 aliphatic rings. The first-order chi connectivity index (χ1) is 8.58. The Morgan fingerprint density at radius 1 is 1.56 bits per heavy atom. The van der Waals surface area contributed by atoms with Crippen LogP contribution < -0.4 is 11.1 Å². The van der Waals surface area contributed by atoms with Crippen molar-refractivity contribution in [3.63, 3.8) is 0 Å². The van der Waals surface area contributed by atoms with Gasteiger partial charge in [-0.2, -0.15) is 4.99 Å². The van der Waals surface area contributed by atoms with Gasteiger partial charge in [0, 0.05) is 19.3 Å². The number of nitrogens with zero attached hydrogens (tertiary/aromatic N) is 3. The number of amides is 2. The summed E-state index contributed by atoms with van der Waals surface area (Å²) in [6.45, 7) is 4.96. The Kier molecular flexibility index (Phi) is 5.38. The molecule has 0 saturated heterocycles. The van der Waals surface area contributed by atoms with Crippen molar-refractivity contribution in [2.24, 2.45) is 10.7 Å². The van der Waals surface area contributed by atoms with E-state index in [4.69, 9.17) is 17.3 Å². The molecule has 0 unspecified atom stereocenters. The maximum Gasteiger partial charge on any atom is 0.324 e. The predicted molar refractivity (Wildman–Crippen MR) is 72.0 cm³/mol. The Hall–Kier alpha value is -1.82. The van der Waals surface area contributed by atoms with E-state index in [0.29, 0.717) is 18.1 Å². The Bertz CT molecular complexity index is 445. The highest BCUT2D eigenvalue weighted by Crippen LogP contribution is 2.19. The highest BCUT2D eigenvalue weighted by atomic mass is 35.5. The second-order valence-electron chi connectivity index (χ2n) is 3.41. The Morgan fingerprint density at radius 3 is 2.78 bits per heavy atom. The molecule has 3 N–H and O–H groups in total. The quantitative estimate of drug-likeness (QED) is 0.647. The standard InChI is InChI=1S/C11H16ClN5O/c1-3-17(4-2)11(18)16-10(13)15-9-8(12)6-5-7-14-9/h5-7H,3-4H2,1-2H3,(H3,13,14,15,16,18). The molecular weight excluding hydrogens is 254 g/mol. The van der Waals surface area contributed by atoms with E-state index in [1.165, 1.54) is 0 Å². The van der Waals surface area contributed by atoms with Crippen LogP contribution in [0.25, 0.3) is 0 Å². The zero-order valence-electron chi connectivity index (χ0n) is 10.4. The Balaban J connectivity index is 2.74. The molecule has 7 heteroatoms. The van der Waals surface area contributed by atoms with E-state index in [1.807, 2.05) is 13.8 Å². The number of aromatic nitrogens is 1. The van der Waals surface area contributed by atoms with E-state index in [0.717, 1.165) is 0 Å². The van der Waals surface area contributed by atoms with Gasteiger partial charge in [-0.1, -0.05) is 11.6 Å². The van der Waals surface area contributed by atoms with E-state index < -0.39 is 0 Å². The van der Waals surface area contributed by atoms with Crippen LogP contribution in [0.5, 0.6) is 0 Å². The lowest BCUT2D eigenvalue weighted by atomic mass is 10.5. The first-order valence-electron chi connectivity index (χ1n) is 5.59. The monoisotopic (exact) mass is 269 g/mol. The highest BCUT2D eigenvalue weighted by molar-refractivity contribution is 6.32. The van der Waals surface area contributed by atoms with Gasteiger partial charge in [0.05, 0.1) is 5.02 Å². The van der Waals surface area contributed by atoms with Gasteiger partial charge in [0.1, 0.15) is 0 Å². The lowest BCUT2D eigenvalue weighted by molar-refractivity contribution is 0.208. The Labute approximate surface area is 111 Å². The molecule has 0 radical (unpaired) electrons. The van der Waals surface area contributed by atoms with Crippen molar-refractivity contribution >= 4 is 29.4 Å². The number of hydrogen-bond acceptors (Lipinski definition) is 3. The average Bonchev–Trinajstić information content (AvgIpc) is 2.33. The van der Waals surface area contributed by atoms with E-state index in [2.05, 4.69) is 15.3 Å². The van der Waals surface area contributed by atoms with Gasteiger partial charge in [0.2, 0.25) is 5.96 Å². The molecule has 98 valence electrons. The molecule has 1 aromatic heterocycles. The van der Waals surface area contributed by atoms with Crippen LogP contribution in [-0.2, 0) is 0 Å². The molecule has 0 aliphatic heterocycles. The largest absolute Gasteiger partial charge is 0.369 e. The van der Waals surface area contributed by atoms with Crippen molar-refractivity contribution in [2.45, 2.75) is 13.8 Å². The highest BCUT2D eigenvalue weighted by Gasteiger charge is 2.10.